The van der Waals surface area contributed by atoms with Crippen molar-refractivity contribution in [3.63, 3.8) is 0 Å². The van der Waals surface area contributed by atoms with Gasteiger partial charge in [-0.3, -0.25) is 9.89 Å². The molecule has 3 aromatic rings. The van der Waals surface area contributed by atoms with Gasteiger partial charge in [0.2, 0.25) is 5.75 Å². The van der Waals surface area contributed by atoms with E-state index in [0.29, 0.717) is 39.9 Å². The van der Waals surface area contributed by atoms with Crippen molar-refractivity contribution in [3.8, 4) is 34.1 Å². The molecule has 29 heavy (non-hydrogen) atoms. The summed E-state index contributed by atoms with van der Waals surface area (Å²) < 4.78 is 21.5. The molecule has 2 aromatic carbocycles. The van der Waals surface area contributed by atoms with Crippen LogP contribution >= 0.6 is 0 Å². The normalized spacial score (nSPS) is 10.4. The van der Waals surface area contributed by atoms with Crippen LogP contribution in [0.2, 0.25) is 0 Å². The summed E-state index contributed by atoms with van der Waals surface area (Å²) >= 11 is 0. The van der Waals surface area contributed by atoms with Gasteiger partial charge in [-0.1, -0.05) is 12.1 Å². The molecule has 0 unspecified atom stereocenters. The Kier molecular flexibility index (Phi) is 5.92. The predicted molar refractivity (Wildman–Crippen MR) is 109 cm³/mol. The molecule has 0 bridgehead atoms. The molecule has 0 aliphatic rings. The number of para-hydroxylation sites is 1. The molecule has 0 saturated heterocycles. The van der Waals surface area contributed by atoms with Gasteiger partial charge in [-0.15, -0.1) is 0 Å². The first kappa shape index (κ1) is 20.1. The third-order valence-electron chi connectivity index (χ3n) is 4.48. The molecule has 0 aliphatic carbocycles. The standard InChI is InChI=1S/C21H23N3O5/c1-12-18(13-10-16(27-3)19(29-5)17(11-13)28-4)20(24-23-12)22-21(25)14-8-6-7-9-15(14)26-2/h6-11H,1-5H3,(H2,22,23,24,25). The largest absolute Gasteiger partial charge is 0.496 e. The molecule has 2 N–H and O–H groups in total. The fourth-order valence-corrected chi connectivity index (χ4v) is 3.11. The summed E-state index contributed by atoms with van der Waals surface area (Å²) in [5, 5.41) is 10.0. The van der Waals surface area contributed by atoms with E-state index in [0.717, 1.165) is 11.3 Å². The van der Waals surface area contributed by atoms with Crippen molar-refractivity contribution in [2.24, 2.45) is 0 Å². The second-order valence-electron chi connectivity index (χ2n) is 6.14. The van der Waals surface area contributed by atoms with Crippen molar-refractivity contribution in [3.05, 3.63) is 47.7 Å². The fourth-order valence-electron chi connectivity index (χ4n) is 3.11. The second-order valence-corrected chi connectivity index (χ2v) is 6.14. The molecular formula is C21H23N3O5. The number of aromatic amines is 1. The monoisotopic (exact) mass is 397 g/mol. The Bertz CT molecular complexity index is 1000. The topological polar surface area (TPSA) is 94.7 Å². The van der Waals surface area contributed by atoms with Gasteiger partial charge in [-0.25, -0.2) is 0 Å². The Balaban J connectivity index is 2.04. The molecule has 8 heteroatoms. The average molecular weight is 397 g/mol. The van der Waals surface area contributed by atoms with Crippen LogP contribution in [-0.4, -0.2) is 44.5 Å². The summed E-state index contributed by atoms with van der Waals surface area (Å²) in [7, 11) is 6.16. The van der Waals surface area contributed by atoms with Gasteiger partial charge in [-0.2, -0.15) is 5.10 Å². The summed E-state index contributed by atoms with van der Waals surface area (Å²) in [6.45, 7) is 1.87. The molecule has 0 atom stereocenters. The van der Waals surface area contributed by atoms with E-state index in [-0.39, 0.29) is 5.91 Å². The summed E-state index contributed by atoms with van der Waals surface area (Å²) in [5.74, 6) is 2.02. The Labute approximate surface area is 168 Å². The van der Waals surface area contributed by atoms with Crippen LogP contribution in [0.15, 0.2) is 36.4 Å². The van der Waals surface area contributed by atoms with Crippen LogP contribution in [0.4, 0.5) is 5.82 Å². The van der Waals surface area contributed by atoms with Crippen LogP contribution < -0.4 is 24.3 Å². The minimum absolute atomic E-state index is 0.331. The maximum atomic E-state index is 12.8. The molecule has 3 rings (SSSR count). The van der Waals surface area contributed by atoms with E-state index in [1.54, 1.807) is 57.7 Å². The first-order valence-corrected chi connectivity index (χ1v) is 8.83. The van der Waals surface area contributed by atoms with E-state index >= 15 is 0 Å². The highest BCUT2D eigenvalue weighted by atomic mass is 16.5. The van der Waals surface area contributed by atoms with Gasteiger partial charge in [0.1, 0.15) is 5.75 Å². The van der Waals surface area contributed by atoms with Crippen molar-refractivity contribution >= 4 is 11.7 Å². The van der Waals surface area contributed by atoms with E-state index in [2.05, 4.69) is 15.5 Å². The van der Waals surface area contributed by atoms with Crippen LogP contribution in [0.25, 0.3) is 11.1 Å². The zero-order valence-electron chi connectivity index (χ0n) is 17.0. The van der Waals surface area contributed by atoms with Gasteiger partial charge in [0, 0.05) is 11.3 Å². The molecule has 0 spiro atoms. The van der Waals surface area contributed by atoms with Crippen molar-refractivity contribution in [2.45, 2.75) is 6.92 Å². The number of rotatable bonds is 7. The number of nitrogens with zero attached hydrogens (tertiary/aromatic N) is 1. The number of anilines is 1. The molecule has 1 amide bonds. The maximum Gasteiger partial charge on any atom is 0.260 e. The molecule has 8 nitrogen and oxygen atoms in total. The smallest absolute Gasteiger partial charge is 0.260 e. The lowest BCUT2D eigenvalue weighted by atomic mass is 10.0. The van der Waals surface area contributed by atoms with Crippen molar-refractivity contribution in [1.82, 2.24) is 10.2 Å². The number of carbonyl (C=O) groups excluding carboxylic acids is 1. The Morgan fingerprint density at radius 2 is 1.55 bits per heavy atom. The number of carbonyl (C=O) groups is 1. The number of ether oxygens (including phenoxy) is 4. The van der Waals surface area contributed by atoms with E-state index in [1.165, 1.54) is 7.11 Å². The van der Waals surface area contributed by atoms with Gasteiger partial charge >= 0.3 is 0 Å². The summed E-state index contributed by atoms with van der Waals surface area (Å²) in [5.41, 5.74) is 2.65. The van der Waals surface area contributed by atoms with Crippen LogP contribution in [0.1, 0.15) is 16.1 Å². The number of nitrogens with one attached hydrogen (secondary N) is 2. The quantitative estimate of drug-likeness (QED) is 0.632. The zero-order chi connectivity index (χ0) is 21.0. The molecule has 0 fully saturated rings. The first-order chi connectivity index (χ1) is 14.0. The van der Waals surface area contributed by atoms with Gasteiger partial charge in [0.15, 0.2) is 17.3 Å². The number of aryl methyl sites for hydroxylation is 1. The van der Waals surface area contributed by atoms with E-state index in [4.69, 9.17) is 18.9 Å². The van der Waals surface area contributed by atoms with E-state index < -0.39 is 0 Å². The fraction of sp³-hybridized carbons (Fsp3) is 0.238. The van der Waals surface area contributed by atoms with Crippen molar-refractivity contribution < 1.29 is 23.7 Å². The van der Waals surface area contributed by atoms with E-state index in [9.17, 15) is 4.79 Å². The van der Waals surface area contributed by atoms with E-state index in [1.807, 2.05) is 6.92 Å². The van der Waals surface area contributed by atoms with Crippen LogP contribution in [-0.2, 0) is 0 Å². The van der Waals surface area contributed by atoms with Gasteiger partial charge < -0.3 is 24.3 Å². The SMILES string of the molecule is COc1ccccc1C(=O)Nc1n[nH]c(C)c1-c1cc(OC)c(OC)c(OC)c1. The Morgan fingerprint density at radius 3 is 2.14 bits per heavy atom. The molecule has 1 aromatic heterocycles. The van der Waals surface area contributed by atoms with Crippen LogP contribution in [0.5, 0.6) is 23.0 Å². The number of H-pyrrole nitrogens is 1. The summed E-state index contributed by atoms with van der Waals surface area (Å²) in [6.07, 6.45) is 0. The number of hydrogen-bond donors (Lipinski definition) is 2. The molecular weight excluding hydrogens is 374 g/mol. The Hall–Kier alpha value is -3.68. The van der Waals surface area contributed by atoms with Crippen molar-refractivity contribution in [2.75, 3.05) is 33.8 Å². The summed E-state index contributed by atoms with van der Waals surface area (Å²) in [4.78, 5) is 12.8. The zero-order valence-corrected chi connectivity index (χ0v) is 17.0. The number of amides is 1. The molecule has 1 heterocycles. The minimum atomic E-state index is -0.331. The summed E-state index contributed by atoms with van der Waals surface area (Å²) in [6, 6.07) is 10.6. The lowest BCUT2D eigenvalue weighted by Gasteiger charge is -2.15. The number of aromatic nitrogens is 2. The van der Waals surface area contributed by atoms with Crippen LogP contribution in [0.3, 0.4) is 0 Å². The lowest BCUT2D eigenvalue weighted by molar-refractivity contribution is 0.102. The number of hydrogen-bond acceptors (Lipinski definition) is 6. The van der Waals surface area contributed by atoms with Gasteiger partial charge in [0.25, 0.3) is 5.91 Å². The van der Waals surface area contributed by atoms with Gasteiger partial charge in [-0.05, 0) is 36.8 Å². The second kappa shape index (κ2) is 8.55. The molecule has 0 radical (unpaired) electrons. The Morgan fingerprint density at radius 1 is 0.931 bits per heavy atom. The highest BCUT2D eigenvalue weighted by Gasteiger charge is 2.21. The number of methoxy groups -OCH3 is 4. The first-order valence-electron chi connectivity index (χ1n) is 8.83. The average Bonchev–Trinajstić information content (AvgIpc) is 3.12. The molecule has 0 aliphatic heterocycles. The molecule has 0 saturated carbocycles. The minimum Gasteiger partial charge on any atom is -0.496 e. The van der Waals surface area contributed by atoms with Gasteiger partial charge in [0.05, 0.1) is 34.0 Å². The maximum absolute atomic E-state index is 12.8. The predicted octanol–water partition coefficient (Wildman–Crippen LogP) is 3.67. The third kappa shape index (κ3) is 3.82. The molecule has 152 valence electrons. The highest BCUT2D eigenvalue weighted by Crippen LogP contribution is 2.43. The highest BCUT2D eigenvalue weighted by molar-refractivity contribution is 6.07. The lowest BCUT2D eigenvalue weighted by Crippen LogP contribution is -2.14. The third-order valence-corrected chi connectivity index (χ3v) is 4.48. The number of benzene rings is 2. The van der Waals surface area contributed by atoms with Crippen LogP contribution in [0, 0.1) is 6.92 Å². The van der Waals surface area contributed by atoms with Crippen molar-refractivity contribution in [1.29, 1.82) is 0 Å².